The first-order valence-electron chi connectivity index (χ1n) is 9.20. The molecule has 1 N–H and O–H groups in total. The molecule has 1 aromatic rings. The summed E-state index contributed by atoms with van der Waals surface area (Å²) >= 11 is 0. The van der Waals surface area contributed by atoms with Gasteiger partial charge in [0.05, 0.1) is 6.61 Å². The van der Waals surface area contributed by atoms with Gasteiger partial charge in [0.25, 0.3) is 0 Å². The van der Waals surface area contributed by atoms with E-state index in [1.165, 1.54) is 19.3 Å². The molecule has 0 bridgehead atoms. The third kappa shape index (κ3) is 5.70. The van der Waals surface area contributed by atoms with Crippen LogP contribution >= 0.6 is 0 Å². The number of hydrogen-bond acceptors (Lipinski definition) is 2. The first kappa shape index (κ1) is 18.6. The largest absolute Gasteiger partial charge is 0.494 e. The van der Waals surface area contributed by atoms with Crippen LogP contribution in [0.1, 0.15) is 58.4 Å². The normalized spacial score (nSPS) is 19.5. The molecule has 1 aliphatic rings. The minimum Gasteiger partial charge on any atom is -0.494 e. The Morgan fingerprint density at radius 3 is 2.71 bits per heavy atom. The average molecular weight is 329 g/mol. The van der Waals surface area contributed by atoms with Crippen LogP contribution in [0.2, 0.25) is 0 Å². The van der Waals surface area contributed by atoms with Gasteiger partial charge in [-0.05, 0) is 54.4 Å². The Morgan fingerprint density at radius 2 is 2.08 bits per heavy atom. The molecule has 132 valence electrons. The van der Waals surface area contributed by atoms with Crippen LogP contribution in [0.5, 0.6) is 5.75 Å². The van der Waals surface area contributed by atoms with Crippen molar-refractivity contribution >= 4 is 12.0 Å². The number of nitrogens with one attached hydrogen (secondary N) is 1. The number of rotatable bonds is 8. The molecule has 0 aromatic heterocycles. The van der Waals surface area contributed by atoms with E-state index < -0.39 is 0 Å². The Bertz CT molecular complexity index is 545. The summed E-state index contributed by atoms with van der Waals surface area (Å²) in [5.74, 6) is 1.46. The minimum absolute atomic E-state index is 0.0130. The summed E-state index contributed by atoms with van der Waals surface area (Å²) < 4.78 is 5.64. The van der Waals surface area contributed by atoms with Crippen molar-refractivity contribution in [3.8, 4) is 5.75 Å². The van der Waals surface area contributed by atoms with E-state index >= 15 is 0 Å². The molecule has 3 nitrogen and oxygen atoms in total. The summed E-state index contributed by atoms with van der Waals surface area (Å²) in [4.78, 5) is 12.0. The average Bonchev–Trinajstić information content (AvgIpc) is 2.91. The van der Waals surface area contributed by atoms with Crippen LogP contribution in [0.25, 0.3) is 6.08 Å². The molecule has 3 heteroatoms. The van der Waals surface area contributed by atoms with E-state index in [-0.39, 0.29) is 5.91 Å². The van der Waals surface area contributed by atoms with Crippen molar-refractivity contribution in [3.63, 3.8) is 0 Å². The van der Waals surface area contributed by atoms with Crippen molar-refractivity contribution in [2.24, 2.45) is 11.3 Å². The molecule has 1 saturated carbocycles. The molecule has 1 aliphatic carbocycles. The maximum absolute atomic E-state index is 12.0. The van der Waals surface area contributed by atoms with E-state index in [0.717, 1.165) is 37.3 Å². The van der Waals surface area contributed by atoms with Crippen LogP contribution in [0.4, 0.5) is 0 Å². The topological polar surface area (TPSA) is 38.3 Å². The second-order valence-electron chi connectivity index (χ2n) is 7.43. The van der Waals surface area contributed by atoms with Gasteiger partial charge >= 0.3 is 0 Å². The van der Waals surface area contributed by atoms with Crippen molar-refractivity contribution in [2.45, 2.75) is 52.9 Å². The molecule has 24 heavy (non-hydrogen) atoms. The van der Waals surface area contributed by atoms with Crippen LogP contribution in [-0.2, 0) is 4.79 Å². The molecule has 1 unspecified atom stereocenters. The van der Waals surface area contributed by atoms with E-state index in [1.807, 2.05) is 30.3 Å². The zero-order valence-electron chi connectivity index (χ0n) is 15.3. The van der Waals surface area contributed by atoms with Crippen LogP contribution in [0.3, 0.4) is 0 Å². The third-order valence-electron chi connectivity index (χ3n) is 5.08. The zero-order chi connectivity index (χ0) is 17.4. The van der Waals surface area contributed by atoms with Crippen LogP contribution in [0.15, 0.2) is 30.3 Å². The summed E-state index contributed by atoms with van der Waals surface area (Å²) in [5.41, 5.74) is 1.36. The van der Waals surface area contributed by atoms with Gasteiger partial charge < -0.3 is 10.1 Å². The van der Waals surface area contributed by atoms with Gasteiger partial charge in [0.2, 0.25) is 5.91 Å². The van der Waals surface area contributed by atoms with Crippen molar-refractivity contribution in [1.29, 1.82) is 0 Å². The van der Waals surface area contributed by atoms with Crippen molar-refractivity contribution in [1.82, 2.24) is 5.32 Å². The number of carbonyl (C=O) groups is 1. The second kappa shape index (κ2) is 8.91. The van der Waals surface area contributed by atoms with E-state index in [2.05, 4.69) is 26.1 Å². The fourth-order valence-electron chi connectivity index (χ4n) is 3.24. The van der Waals surface area contributed by atoms with E-state index in [4.69, 9.17) is 4.74 Å². The van der Waals surface area contributed by atoms with Gasteiger partial charge in [-0.15, -0.1) is 0 Å². The minimum atomic E-state index is -0.0130. The van der Waals surface area contributed by atoms with Gasteiger partial charge in [0.1, 0.15) is 5.75 Å². The fraction of sp³-hybridized carbons (Fsp3) is 0.571. The summed E-state index contributed by atoms with van der Waals surface area (Å²) in [6.07, 6.45) is 9.43. The molecule has 1 aromatic carbocycles. The van der Waals surface area contributed by atoms with Crippen LogP contribution in [0, 0.1) is 11.3 Å². The van der Waals surface area contributed by atoms with Crippen molar-refractivity contribution in [3.05, 3.63) is 35.9 Å². The number of hydrogen-bond donors (Lipinski definition) is 1. The lowest BCUT2D eigenvalue weighted by atomic mass is 9.82. The smallest absolute Gasteiger partial charge is 0.244 e. The predicted octanol–water partition coefficient (Wildman–Crippen LogP) is 4.82. The molecule has 0 aliphatic heterocycles. The summed E-state index contributed by atoms with van der Waals surface area (Å²) in [7, 11) is 0. The van der Waals surface area contributed by atoms with Crippen LogP contribution < -0.4 is 10.1 Å². The Hall–Kier alpha value is -1.77. The molecule has 1 atom stereocenters. The zero-order valence-corrected chi connectivity index (χ0v) is 15.3. The molecule has 2 rings (SSSR count). The first-order chi connectivity index (χ1) is 11.5. The van der Waals surface area contributed by atoms with Crippen molar-refractivity contribution < 1.29 is 9.53 Å². The van der Waals surface area contributed by atoms with E-state index in [0.29, 0.717) is 11.3 Å². The van der Waals surface area contributed by atoms with E-state index in [1.54, 1.807) is 6.08 Å². The summed E-state index contributed by atoms with van der Waals surface area (Å²) in [6.45, 7) is 8.29. The Labute approximate surface area is 146 Å². The molecular formula is C21H31NO2. The number of benzene rings is 1. The van der Waals surface area contributed by atoms with Crippen molar-refractivity contribution in [2.75, 3.05) is 13.2 Å². The maximum Gasteiger partial charge on any atom is 0.244 e. The lowest BCUT2D eigenvalue weighted by molar-refractivity contribution is -0.116. The highest BCUT2D eigenvalue weighted by atomic mass is 16.5. The SMILES string of the molecule is CCCCOc1ccc(/C=C/C(=O)NCC2CCCC2(C)C)cc1. The molecule has 1 amide bonds. The van der Waals surface area contributed by atoms with Gasteiger partial charge in [0, 0.05) is 12.6 Å². The standard InChI is InChI=1S/C21H31NO2/c1-4-5-15-24-19-11-8-17(9-12-19)10-13-20(23)22-16-18-7-6-14-21(18,2)3/h8-13,18H,4-7,14-16H2,1-3H3,(H,22,23)/b13-10+. The molecule has 0 saturated heterocycles. The summed E-state index contributed by atoms with van der Waals surface area (Å²) in [5, 5.41) is 3.05. The number of carbonyl (C=O) groups excluding carboxylic acids is 1. The molecular weight excluding hydrogens is 298 g/mol. The van der Waals surface area contributed by atoms with Gasteiger partial charge in [-0.1, -0.05) is 45.7 Å². The Morgan fingerprint density at radius 1 is 1.33 bits per heavy atom. The maximum atomic E-state index is 12.0. The first-order valence-corrected chi connectivity index (χ1v) is 9.20. The Balaban J connectivity index is 1.76. The lowest BCUT2D eigenvalue weighted by Gasteiger charge is -2.26. The number of amides is 1. The molecule has 1 fully saturated rings. The highest BCUT2D eigenvalue weighted by Gasteiger charge is 2.34. The van der Waals surface area contributed by atoms with Gasteiger partial charge in [-0.2, -0.15) is 0 Å². The monoisotopic (exact) mass is 329 g/mol. The predicted molar refractivity (Wildman–Crippen MR) is 100 cm³/mol. The van der Waals surface area contributed by atoms with Gasteiger partial charge in [-0.3, -0.25) is 4.79 Å². The summed E-state index contributed by atoms with van der Waals surface area (Å²) in [6, 6.07) is 7.86. The fourth-order valence-corrected chi connectivity index (χ4v) is 3.24. The number of unbranched alkanes of at least 4 members (excludes halogenated alkanes) is 1. The highest BCUT2D eigenvalue weighted by Crippen LogP contribution is 2.41. The van der Waals surface area contributed by atoms with Gasteiger partial charge in [-0.25, -0.2) is 0 Å². The molecule has 0 spiro atoms. The highest BCUT2D eigenvalue weighted by molar-refractivity contribution is 5.91. The quantitative estimate of drug-likeness (QED) is 0.548. The lowest BCUT2D eigenvalue weighted by Crippen LogP contribution is -2.32. The van der Waals surface area contributed by atoms with Crippen LogP contribution in [-0.4, -0.2) is 19.1 Å². The van der Waals surface area contributed by atoms with Gasteiger partial charge in [0.15, 0.2) is 0 Å². The third-order valence-corrected chi connectivity index (χ3v) is 5.08. The molecule has 0 heterocycles. The van der Waals surface area contributed by atoms with E-state index in [9.17, 15) is 4.79 Å². The Kier molecular flexibility index (Phi) is 6.89. The molecule has 0 radical (unpaired) electrons. The number of ether oxygens (including phenoxy) is 1. The second-order valence-corrected chi connectivity index (χ2v) is 7.43.